The van der Waals surface area contributed by atoms with Crippen LogP contribution in [0.5, 0.6) is 5.75 Å². The van der Waals surface area contributed by atoms with Crippen LogP contribution in [0.1, 0.15) is 18.4 Å². The molecule has 134 valence electrons. The molecule has 0 unspecified atom stereocenters. The molecule has 4 nitrogen and oxygen atoms in total. The van der Waals surface area contributed by atoms with Crippen molar-refractivity contribution in [2.24, 2.45) is 0 Å². The third-order valence-corrected chi connectivity index (χ3v) is 3.58. The zero-order valence-electron chi connectivity index (χ0n) is 13.9. The number of ether oxygens (including phenoxy) is 1. The number of carbonyl (C=O) groups excluding carboxylic acids is 1. The summed E-state index contributed by atoms with van der Waals surface area (Å²) < 4.78 is 31.6. The van der Waals surface area contributed by atoms with Crippen LogP contribution < -0.4 is 15.4 Å². The molecule has 0 bridgehead atoms. The number of rotatable bonds is 9. The Morgan fingerprint density at radius 2 is 1.64 bits per heavy atom. The maximum absolute atomic E-state index is 13.4. The van der Waals surface area contributed by atoms with Crippen LogP contribution in [0, 0.1) is 11.6 Å². The Morgan fingerprint density at radius 1 is 0.920 bits per heavy atom. The standard InChI is InChI=1S/C19H22F2N2O2/c20-16-7-9-17(10-8-16)25-14-4-3-12-22-19(24)23-13-11-15-5-1-2-6-18(15)21/h1-2,5-10H,3-4,11-14H2,(H2,22,23,24). The third-order valence-electron chi connectivity index (χ3n) is 3.58. The lowest BCUT2D eigenvalue weighted by atomic mass is 10.1. The molecule has 0 heterocycles. The van der Waals surface area contributed by atoms with Gasteiger partial charge in [-0.2, -0.15) is 0 Å². The average Bonchev–Trinajstić information content (AvgIpc) is 2.61. The highest BCUT2D eigenvalue weighted by Gasteiger charge is 2.03. The summed E-state index contributed by atoms with van der Waals surface area (Å²) in [5.41, 5.74) is 0.584. The molecule has 0 aliphatic carbocycles. The van der Waals surface area contributed by atoms with E-state index >= 15 is 0 Å². The highest BCUT2D eigenvalue weighted by Crippen LogP contribution is 2.11. The molecular weight excluding hydrogens is 326 g/mol. The molecule has 2 N–H and O–H groups in total. The van der Waals surface area contributed by atoms with Gasteiger partial charge in [-0.05, 0) is 55.2 Å². The Balaban J connectivity index is 1.49. The molecule has 0 saturated carbocycles. The first-order valence-electron chi connectivity index (χ1n) is 8.28. The number of hydrogen-bond donors (Lipinski definition) is 2. The third kappa shape index (κ3) is 7.20. The van der Waals surface area contributed by atoms with Gasteiger partial charge < -0.3 is 15.4 Å². The van der Waals surface area contributed by atoms with Crippen LogP contribution in [-0.2, 0) is 6.42 Å². The van der Waals surface area contributed by atoms with Crippen LogP contribution in [0.4, 0.5) is 13.6 Å². The lowest BCUT2D eigenvalue weighted by Gasteiger charge is -2.09. The van der Waals surface area contributed by atoms with Crippen LogP contribution in [0.25, 0.3) is 0 Å². The van der Waals surface area contributed by atoms with Crippen LogP contribution in [0.3, 0.4) is 0 Å². The van der Waals surface area contributed by atoms with Crippen molar-refractivity contribution < 1.29 is 18.3 Å². The number of carbonyl (C=O) groups is 1. The van der Waals surface area contributed by atoms with Crippen molar-refractivity contribution in [3.8, 4) is 5.75 Å². The Kier molecular flexibility index (Phi) is 7.69. The van der Waals surface area contributed by atoms with Crippen molar-refractivity contribution in [2.45, 2.75) is 19.3 Å². The Bertz CT molecular complexity index is 663. The van der Waals surface area contributed by atoms with Crippen LogP contribution in [-0.4, -0.2) is 25.7 Å². The van der Waals surface area contributed by atoms with E-state index in [0.717, 1.165) is 12.8 Å². The predicted octanol–water partition coefficient (Wildman–Crippen LogP) is 3.67. The lowest BCUT2D eigenvalue weighted by Crippen LogP contribution is -2.37. The van der Waals surface area contributed by atoms with Crippen molar-refractivity contribution in [2.75, 3.05) is 19.7 Å². The smallest absolute Gasteiger partial charge is 0.314 e. The van der Waals surface area contributed by atoms with Crippen molar-refractivity contribution >= 4 is 6.03 Å². The number of benzene rings is 2. The van der Waals surface area contributed by atoms with Gasteiger partial charge in [0, 0.05) is 13.1 Å². The van der Waals surface area contributed by atoms with E-state index in [4.69, 9.17) is 4.74 Å². The molecule has 0 aliphatic heterocycles. The molecule has 0 atom stereocenters. The van der Waals surface area contributed by atoms with E-state index in [9.17, 15) is 13.6 Å². The molecule has 0 spiro atoms. The van der Waals surface area contributed by atoms with Gasteiger partial charge in [-0.1, -0.05) is 18.2 Å². The highest BCUT2D eigenvalue weighted by molar-refractivity contribution is 5.73. The van der Waals surface area contributed by atoms with Crippen LogP contribution >= 0.6 is 0 Å². The van der Waals surface area contributed by atoms with E-state index < -0.39 is 0 Å². The number of halogens is 2. The fourth-order valence-corrected chi connectivity index (χ4v) is 2.22. The van der Waals surface area contributed by atoms with Gasteiger partial charge in [-0.15, -0.1) is 0 Å². The summed E-state index contributed by atoms with van der Waals surface area (Å²) in [5.74, 6) is 0.0728. The summed E-state index contributed by atoms with van der Waals surface area (Å²) in [6, 6.07) is 12.1. The molecule has 0 aromatic heterocycles. The first-order valence-corrected chi connectivity index (χ1v) is 8.28. The Labute approximate surface area is 146 Å². The average molecular weight is 348 g/mol. The van der Waals surface area contributed by atoms with Gasteiger partial charge in [-0.3, -0.25) is 0 Å². The molecule has 2 aromatic carbocycles. The second-order valence-corrected chi connectivity index (χ2v) is 5.53. The predicted molar refractivity (Wildman–Crippen MR) is 92.6 cm³/mol. The maximum atomic E-state index is 13.4. The molecule has 6 heteroatoms. The quantitative estimate of drug-likeness (QED) is 0.680. The Morgan fingerprint density at radius 3 is 2.40 bits per heavy atom. The minimum Gasteiger partial charge on any atom is -0.494 e. The molecule has 0 radical (unpaired) electrons. The van der Waals surface area contributed by atoms with Crippen LogP contribution in [0.15, 0.2) is 48.5 Å². The second-order valence-electron chi connectivity index (χ2n) is 5.53. The number of amides is 2. The summed E-state index contributed by atoms with van der Waals surface area (Å²) in [6.07, 6.45) is 1.99. The minimum atomic E-state index is -0.294. The normalized spacial score (nSPS) is 10.3. The lowest BCUT2D eigenvalue weighted by molar-refractivity contribution is 0.240. The van der Waals surface area contributed by atoms with Gasteiger partial charge in [0.05, 0.1) is 6.61 Å². The fraction of sp³-hybridized carbons (Fsp3) is 0.316. The van der Waals surface area contributed by atoms with Crippen molar-refractivity contribution in [3.63, 3.8) is 0 Å². The summed E-state index contributed by atoms with van der Waals surface area (Å²) in [7, 11) is 0. The van der Waals surface area contributed by atoms with Crippen LogP contribution in [0.2, 0.25) is 0 Å². The van der Waals surface area contributed by atoms with E-state index in [1.807, 2.05) is 0 Å². The second kappa shape index (κ2) is 10.3. The number of hydrogen-bond acceptors (Lipinski definition) is 2. The molecule has 0 saturated heterocycles. The van der Waals surface area contributed by atoms with E-state index in [-0.39, 0.29) is 17.7 Å². The summed E-state index contributed by atoms with van der Waals surface area (Å²) in [6.45, 7) is 1.40. The van der Waals surface area contributed by atoms with Crippen molar-refractivity contribution in [1.82, 2.24) is 10.6 Å². The summed E-state index contributed by atoms with van der Waals surface area (Å²) >= 11 is 0. The van der Waals surface area contributed by atoms with Gasteiger partial charge >= 0.3 is 6.03 Å². The van der Waals surface area contributed by atoms with Gasteiger partial charge in [0.25, 0.3) is 0 Å². The van der Waals surface area contributed by atoms with Gasteiger partial charge in [0.1, 0.15) is 17.4 Å². The van der Waals surface area contributed by atoms with Gasteiger partial charge in [0.15, 0.2) is 0 Å². The fourth-order valence-electron chi connectivity index (χ4n) is 2.22. The Hall–Kier alpha value is -2.63. The van der Waals surface area contributed by atoms with E-state index in [0.29, 0.717) is 37.4 Å². The monoisotopic (exact) mass is 348 g/mol. The summed E-state index contributed by atoms with van der Waals surface area (Å²) in [5, 5.41) is 5.44. The largest absolute Gasteiger partial charge is 0.494 e. The van der Waals surface area contributed by atoms with Crippen molar-refractivity contribution in [3.05, 3.63) is 65.7 Å². The summed E-state index contributed by atoms with van der Waals surface area (Å²) in [4.78, 5) is 11.6. The van der Waals surface area contributed by atoms with E-state index in [1.165, 1.54) is 18.2 Å². The highest BCUT2D eigenvalue weighted by atomic mass is 19.1. The number of urea groups is 1. The molecule has 25 heavy (non-hydrogen) atoms. The zero-order chi connectivity index (χ0) is 17.9. The number of unbranched alkanes of at least 4 members (excludes halogenated alkanes) is 1. The molecule has 0 aliphatic rings. The van der Waals surface area contributed by atoms with Gasteiger partial charge in [0.2, 0.25) is 0 Å². The minimum absolute atomic E-state index is 0.258. The van der Waals surface area contributed by atoms with E-state index in [1.54, 1.807) is 30.3 Å². The SMILES string of the molecule is O=C(NCCCCOc1ccc(F)cc1)NCCc1ccccc1F. The molecule has 0 fully saturated rings. The molecule has 2 amide bonds. The van der Waals surface area contributed by atoms with Crippen molar-refractivity contribution in [1.29, 1.82) is 0 Å². The molecular formula is C19H22F2N2O2. The first kappa shape index (κ1) is 18.7. The molecule has 2 rings (SSSR count). The van der Waals surface area contributed by atoms with E-state index in [2.05, 4.69) is 10.6 Å². The molecule has 2 aromatic rings. The topological polar surface area (TPSA) is 50.4 Å². The zero-order valence-corrected chi connectivity index (χ0v) is 13.9. The first-order chi connectivity index (χ1) is 12.1. The maximum Gasteiger partial charge on any atom is 0.314 e. The number of nitrogens with one attached hydrogen (secondary N) is 2. The van der Waals surface area contributed by atoms with Gasteiger partial charge in [-0.25, -0.2) is 13.6 Å².